The average Bonchev–Trinajstić information content (AvgIpc) is 2.60. The number of guanidine groups is 1. The average molecular weight is 327 g/mol. The molecule has 2 aromatic rings. The fourth-order valence-electron chi connectivity index (χ4n) is 2.18. The molecule has 1 atom stereocenters. The second-order valence-electron chi connectivity index (χ2n) is 5.49. The van der Waals surface area contributed by atoms with Crippen LogP contribution in [0.4, 0.5) is 5.69 Å². The fraction of sp³-hybridized carbons (Fsp3) is 0.316. The minimum absolute atomic E-state index is 0.0117. The van der Waals surface area contributed by atoms with Gasteiger partial charge in [0.1, 0.15) is 17.6 Å². The first-order valence-electron chi connectivity index (χ1n) is 8.05. The Bertz CT molecular complexity index is 669. The van der Waals surface area contributed by atoms with E-state index in [9.17, 15) is 0 Å². The van der Waals surface area contributed by atoms with E-state index in [1.807, 2.05) is 55.5 Å². The van der Waals surface area contributed by atoms with Crippen molar-refractivity contribution in [1.82, 2.24) is 0 Å². The summed E-state index contributed by atoms with van der Waals surface area (Å²) in [7, 11) is 1.64. The van der Waals surface area contributed by atoms with Crippen molar-refractivity contribution in [2.75, 3.05) is 19.0 Å². The molecule has 0 aromatic heterocycles. The monoisotopic (exact) mass is 327 g/mol. The Kier molecular flexibility index (Phi) is 6.49. The summed E-state index contributed by atoms with van der Waals surface area (Å²) in [6, 6.07) is 15.5. The molecule has 0 heterocycles. The number of nitrogens with zero attached hydrogens (tertiary/aromatic N) is 1. The van der Waals surface area contributed by atoms with Gasteiger partial charge in [0.2, 0.25) is 0 Å². The maximum Gasteiger partial charge on any atom is 0.193 e. The Morgan fingerprint density at radius 2 is 1.88 bits per heavy atom. The van der Waals surface area contributed by atoms with Crippen molar-refractivity contribution in [3.8, 4) is 11.5 Å². The number of rotatable bonds is 7. The number of ether oxygens (including phenoxy) is 2. The first-order valence-corrected chi connectivity index (χ1v) is 8.05. The minimum Gasteiger partial charge on any atom is -0.497 e. The molecule has 2 aromatic carbocycles. The summed E-state index contributed by atoms with van der Waals surface area (Å²) in [4.78, 5) is 4.39. The van der Waals surface area contributed by atoms with Crippen LogP contribution in [0.25, 0.3) is 0 Å². The van der Waals surface area contributed by atoms with E-state index in [-0.39, 0.29) is 6.10 Å². The number of aliphatic imine (C=N–C) groups is 1. The summed E-state index contributed by atoms with van der Waals surface area (Å²) in [5.41, 5.74) is 7.94. The van der Waals surface area contributed by atoms with E-state index in [2.05, 4.69) is 17.2 Å². The van der Waals surface area contributed by atoms with Gasteiger partial charge in [0, 0.05) is 5.69 Å². The molecule has 0 saturated carbocycles. The van der Waals surface area contributed by atoms with Crippen LogP contribution in [0.3, 0.4) is 0 Å². The van der Waals surface area contributed by atoms with Gasteiger partial charge in [-0.25, -0.2) is 4.99 Å². The highest BCUT2D eigenvalue weighted by Crippen LogP contribution is 2.19. The molecule has 24 heavy (non-hydrogen) atoms. The molecule has 0 radical (unpaired) electrons. The summed E-state index contributed by atoms with van der Waals surface area (Å²) in [5, 5.41) is 3.06. The topological polar surface area (TPSA) is 68.9 Å². The van der Waals surface area contributed by atoms with Gasteiger partial charge < -0.3 is 20.5 Å². The molecule has 3 N–H and O–H groups in total. The number of nitrogens with two attached hydrogens (primary N) is 1. The zero-order valence-electron chi connectivity index (χ0n) is 14.5. The maximum atomic E-state index is 6.02. The molecule has 0 aliphatic heterocycles. The Labute approximate surface area is 143 Å². The van der Waals surface area contributed by atoms with Crippen LogP contribution < -0.4 is 20.5 Å². The number of hydrogen-bond donors (Lipinski definition) is 2. The Hall–Kier alpha value is -2.69. The molecule has 0 bridgehead atoms. The van der Waals surface area contributed by atoms with E-state index in [0.29, 0.717) is 12.5 Å². The first kappa shape index (κ1) is 17.7. The van der Waals surface area contributed by atoms with E-state index < -0.39 is 0 Å². The van der Waals surface area contributed by atoms with E-state index in [1.165, 1.54) is 0 Å². The van der Waals surface area contributed by atoms with Crippen LogP contribution >= 0.6 is 0 Å². The van der Waals surface area contributed by atoms with E-state index in [4.69, 9.17) is 15.2 Å². The summed E-state index contributed by atoms with van der Waals surface area (Å²) in [6.07, 6.45) is 0.843. The normalized spacial score (nSPS) is 12.5. The van der Waals surface area contributed by atoms with Crippen molar-refractivity contribution in [2.45, 2.75) is 26.4 Å². The lowest BCUT2D eigenvalue weighted by Gasteiger charge is -2.17. The summed E-state index contributed by atoms with van der Waals surface area (Å²) < 4.78 is 11.1. The standard InChI is InChI=1S/C19H25N3O2/c1-4-16(24-18-8-6-5-7-14(18)2)13-21-19(20)22-15-9-11-17(23-3)12-10-15/h5-12,16H,4,13H2,1-3H3,(H3,20,21,22). The van der Waals surface area contributed by atoms with Gasteiger partial charge in [0.15, 0.2) is 5.96 Å². The van der Waals surface area contributed by atoms with Gasteiger partial charge in [-0.05, 0) is 49.2 Å². The van der Waals surface area contributed by atoms with Gasteiger partial charge in [0.25, 0.3) is 0 Å². The van der Waals surface area contributed by atoms with Gasteiger partial charge in [-0.15, -0.1) is 0 Å². The lowest BCUT2D eigenvalue weighted by Crippen LogP contribution is -2.26. The smallest absolute Gasteiger partial charge is 0.193 e. The molecular weight excluding hydrogens is 302 g/mol. The molecule has 0 saturated heterocycles. The number of methoxy groups -OCH3 is 1. The summed E-state index contributed by atoms with van der Waals surface area (Å²) in [5.74, 6) is 2.06. The van der Waals surface area contributed by atoms with Crippen LogP contribution in [0, 0.1) is 6.92 Å². The molecule has 0 fully saturated rings. The summed E-state index contributed by atoms with van der Waals surface area (Å²) >= 11 is 0. The number of anilines is 1. The van der Waals surface area contributed by atoms with Crippen molar-refractivity contribution in [1.29, 1.82) is 0 Å². The second-order valence-corrected chi connectivity index (χ2v) is 5.49. The lowest BCUT2D eigenvalue weighted by atomic mass is 10.2. The maximum absolute atomic E-state index is 6.02. The van der Waals surface area contributed by atoms with Crippen LogP contribution in [-0.2, 0) is 0 Å². The minimum atomic E-state index is -0.0117. The van der Waals surface area contributed by atoms with Gasteiger partial charge in [-0.2, -0.15) is 0 Å². The Morgan fingerprint density at radius 1 is 1.17 bits per heavy atom. The number of hydrogen-bond acceptors (Lipinski definition) is 3. The van der Waals surface area contributed by atoms with Crippen LogP contribution in [0.5, 0.6) is 11.5 Å². The highest BCUT2D eigenvalue weighted by molar-refractivity contribution is 5.92. The number of benzene rings is 2. The van der Waals surface area contributed by atoms with Crippen molar-refractivity contribution in [3.05, 3.63) is 54.1 Å². The molecule has 0 spiro atoms. The molecule has 0 amide bonds. The predicted octanol–water partition coefficient (Wildman–Crippen LogP) is 3.59. The zero-order chi connectivity index (χ0) is 17.4. The quantitative estimate of drug-likeness (QED) is 0.602. The molecular formula is C19H25N3O2. The lowest BCUT2D eigenvalue weighted by molar-refractivity contribution is 0.204. The van der Waals surface area contributed by atoms with Crippen molar-refractivity contribution >= 4 is 11.6 Å². The molecule has 128 valence electrons. The third kappa shape index (κ3) is 5.19. The zero-order valence-corrected chi connectivity index (χ0v) is 14.5. The highest BCUT2D eigenvalue weighted by atomic mass is 16.5. The van der Waals surface area contributed by atoms with Crippen LogP contribution in [0.1, 0.15) is 18.9 Å². The fourth-order valence-corrected chi connectivity index (χ4v) is 2.18. The molecule has 0 aliphatic carbocycles. The largest absolute Gasteiger partial charge is 0.497 e. The van der Waals surface area contributed by atoms with E-state index >= 15 is 0 Å². The van der Waals surface area contributed by atoms with Gasteiger partial charge in [0.05, 0.1) is 13.7 Å². The molecule has 5 nitrogen and oxygen atoms in total. The third-order valence-electron chi connectivity index (χ3n) is 3.67. The van der Waals surface area contributed by atoms with Gasteiger partial charge in [-0.3, -0.25) is 0 Å². The third-order valence-corrected chi connectivity index (χ3v) is 3.67. The van der Waals surface area contributed by atoms with Crippen molar-refractivity contribution in [3.63, 3.8) is 0 Å². The Balaban J connectivity index is 1.92. The first-order chi connectivity index (χ1) is 11.6. The van der Waals surface area contributed by atoms with E-state index in [0.717, 1.165) is 29.2 Å². The molecule has 0 aliphatic rings. The molecule has 1 unspecified atom stereocenters. The van der Waals surface area contributed by atoms with Crippen molar-refractivity contribution < 1.29 is 9.47 Å². The predicted molar refractivity (Wildman–Crippen MR) is 99.0 cm³/mol. The van der Waals surface area contributed by atoms with Crippen LogP contribution in [0.15, 0.2) is 53.5 Å². The number of para-hydroxylation sites is 1. The van der Waals surface area contributed by atoms with Crippen LogP contribution in [0.2, 0.25) is 0 Å². The second kappa shape index (κ2) is 8.82. The Morgan fingerprint density at radius 3 is 2.50 bits per heavy atom. The SMILES string of the molecule is CCC(CN=C(N)Nc1ccc(OC)cc1)Oc1ccccc1C. The van der Waals surface area contributed by atoms with E-state index in [1.54, 1.807) is 7.11 Å². The van der Waals surface area contributed by atoms with Crippen molar-refractivity contribution in [2.24, 2.45) is 10.7 Å². The number of aryl methyl sites for hydroxylation is 1. The van der Waals surface area contributed by atoms with Gasteiger partial charge >= 0.3 is 0 Å². The molecule has 5 heteroatoms. The highest BCUT2D eigenvalue weighted by Gasteiger charge is 2.09. The van der Waals surface area contributed by atoms with Crippen LogP contribution in [-0.4, -0.2) is 25.7 Å². The van der Waals surface area contributed by atoms with Gasteiger partial charge in [-0.1, -0.05) is 25.1 Å². The number of nitrogens with one attached hydrogen (secondary N) is 1. The summed E-state index contributed by atoms with van der Waals surface area (Å²) in [6.45, 7) is 4.61. The molecule has 2 rings (SSSR count).